The molecule has 1 saturated carbocycles. The zero-order valence-corrected chi connectivity index (χ0v) is 13.4. The summed E-state index contributed by atoms with van der Waals surface area (Å²) in [6.07, 6.45) is 4.86. The number of hydrogen-bond donors (Lipinski definition) is 1. The van der Waals surface area contributed by atoms with Crippen LogP contribution in [0.1, 0.15) is 51.1 Å². The Kier molecular flexibility index (Phi) is 7.04. The van der Waals surface area contributed by atoms with E-state index in [0.717, 1.165) is 50.9 Å². The summed E-state index contributed by atoms with van der Waals surface area (Å²) in [4.78, 5) is 0. The quantitative estimate of drug-likeness (QED) is 0.670. The molecule has 0 heterocycles. The number of hydrogen-bond acceptors (Lipinski definition) is 3. The summed E-state index contributed by atoms with van der Waals surface area (Å²) in [6.45, 7) is 7.79. The van der Waals surface area contributed by atoms with Gasteiger partial charge in [-0.1, -0.05) is 26.0 Å². The first kappa shape index (κ1) is 16.3. The van der Waals surface area contributed by atoms with Gasteiger partial charge in [0.1, 0.15) is 5.75 Å². The molecule has 0 bridgehead atoms. The predicted octanol–water partition coefficient (Wildman–Crippen LogP) is 3.94. The molecule has 2 rings (SSSR count). The largest absolute Gasteiger partial charge is 0.494 e. The Balaban J connectivity index is 1.86. The molecule has 21 heavy (non-hydrogen) atoms. The van der Waals surface area contributed by atoms with Gasteiger partial charge in [0, 0.05) is 6.61 Å². The van der Waals surface area contributed by atoms with Crippen LogP contribution in [0.5, 0.6) is 5.75 Å². The van der Waals surface area contributed by atoms with Crippen molar-refractivity contribution in [2.75, 3.05) is 26.4 Å². The molecule has 0 amide bonds. The summed E-state index contributed by atoms with van der Waals surface area (Å²) in [7, 11) is 0. The number of rotatable bonds is 11. The molecule has 1 aromatic rings. The van der Waals surface area contributed by atoms with Crippen LogP contribution in [0.25, 0.3) is 0 Å². The lowest BCUT2D eigenvalue weighted by molar-refractivity contribution is 0.103. The Morgan fingerprint density at radius 2 is 1.90 bits per heavy atom. The second-order valence-corrected chi connectivity index (χ2v) is 5.91. The van der Waals surface area contributed by atoms with Gasteiger partial charge < -0.3 is 14.8 Å². The Labute approximate surface area is 129 Å². The highest BCUT2D eigenvalue weighted by atomic mass is 16.5. The van der Waals surface area contributed by atoms with E-state index in [0.29, 0.717) is 0 Å². The first-order chi connectivity index (χ1) is 10.3. The third-order valence-corrected chi connectivity index (χ3v) is 3.73. The van der Waals surface area contributed by atoms with Crippen LogP contribution in [0.4, 0.5) is 0 Å². The van der Waals surface area contributed by atoms with E-state index in [-0.39, 0.29) is 6.04 Å². The maximum Gasteiger partial charge on any atom is 0.119 e. The summed E-state index contributed by atoms with van der Waals surface area (Å²) < 4.78 is 11.5. The Bertz CT molecular complexity index is 387. The first-order valence-electron chi connectivity index (χ1n) is 8.37. The molecule has 1 atom stereocenters. The maximum absolute atomic E-state index is 5.87. The zero-order chi connectivity index (χ0) is 14.9. The molecular formula is C18H29NO2. The Morgan fingerprint density at radius 3 is 2.52 bits per heavy atom. The van der Waals surface area contributed by atoms with E-state index in [4.69, 9.17) is 9.47 Å². The van der Waals surface area contributed by atoms with E-state index in [1.165, 1.54) is 18.4 Å². The average molecular weight is 291 g/mol. The first-order valence-corrected chi connectivity index (χ1v) is 8.37. The van der Waals surface area contributed by atoms with Crippen molar-refractivity contribution in [3.05, 3.63) is 29.8 Å². The lowest BCUT2D eigenvalue weighted by Gasteiger charge is -2.19. The van der Waals surface area contributed by atoms with E-state index in [9.17, 15) is 0 Å². The van der Waals surface area contributed by atoms with Crippen LogP contribution in [0.3, 0.4) is 0 Å². The summed E-state index contributed by atoms with van der Waals surface area (Å²) in [5, 5.41) is 3.58. The van der Waals surface area contributed by atoms with Gasteiger partial charge in [-0.3, -0.25) is 0 Å². The molecule has 1 aromatic carbocycles. The van der Waals surface area contributed by atoms with Gasteiger partial charge in [-0.15, -0.1) is 0 Å². The van der Waals surface area contributed by atoms with Gasteiger partial charge in [-0.2, -0.15) is 0 Å². The molecular weight excluding hydrogens is 262 g/mol. The highest BCUT2D eigenvalue weighted by Crippen LogP contribution is 2.29. The molecule has 1 N–H and O–H groups in total. The number of ether oxygens (including phenoxy) is 2. The average Bonchev–Trinajstić information content (AvgIpc) is 3.33. The topological polar surface area (TPSA) is 30.5 Å². The van der Waals surface area contributed by atoms with Crippen molar-refractivity contribution in [1.82, 2.24) is 5.32 Å². The molecule has 0 radical (unpaired) electrons. The van der Waals surface area contributed by atoms with Gasteiger partial charge in [0.25, 0.3) is 0 Å². The minimum Gasteiger partial charge on any atom is -0.494 e. The highest BCUT2D eigenvalue weighted by molar-refractivity contribution is 5.29. The van der Waals surface area contributed by atoms with Crippen molar-refractivity contribution < 1.29 is 9.47 Å². The Hall–Kier alpha value is -1.06. The van der Waals surface area contributed by atoms with Crippen LogP contribution in [-0.2, 0) is 4.74 Å². The molecule has 1 aliphatic rings. The third-order valence-electron chi connectivity index (χ3n) is 3.73. The molecule has 0 aromatic heterocycles. The van der Waals surface area contributed by atoms with Crippen molar-refractivity contribution >= 4 is 0 Å². The van der Waals surface area contributed by atoms with E-state index in [2.05, 4.69) is 43.4 Å². The molecule has 0 spiro atoms. The van der Waals surface area contributed by atoms with Crippen molar-refractivity contribution in [2.24, 2.45) is 5.92 Å². The summed E-state index contributed by atoms with van der Waals surface area (Å²) in [5.41, 5.74) is 1.28. The van der Waals surface area contributed by atoms with Crippen LogP contribution >= 0.6 is 0 Å². The van der Waals surface area contributed by atoms with Crippen molar-refractivity contribution in [3.63, 3.8) is 0 Å². The predicted molar refractivity (Wildman–Crippen MR) is 86.8 cm³/mol. The summed E-state index contributed by atoms with van der Waals surface area (Å²) in [5.74, 6) is 1.77. The van der Waals surface area contributed by atoms with Crippen LogP contribution in [0, 0.1) is 5.92 Å². The van der Waals surface area contributed by atoms with Crippen LogP contribution in [-0.4, -0.2) is 26.4 Å². The minimum atomic E-state index is 0.281. The molecule has 3 heteroatoms. The molecule has 0 aliphatic heterocycles. The van der Waals surface area contributed by atoms with Crippen molar-refractivity contribution in [2.45, 2.75) is 45.6 Å². The van der Waals surface area contributed by atoms with Gasteiger partial charge in [-0.25, -0.2) is 0 Å². The van der Waals surface area contributed by atoms with E-state index in [1.54, 1.807) is 0 Å². The third kappa shape index (κ3) is 6.06. The lowest BCUT2D eigenvalue weighted by atomic mass is 10.1. The number of benzene rings is 1. The SMILES string of the molecule is CCCNC(COCC1CC1)c1ccc(OCCC)cc1. The van der Waals surface area contributed by atoms with Crippen LogP contribution in [0.2, 0.25) is 0 Å². The smallest absolute Gasteiger partial charge is 0.119 e. The molecule has 1 fully saturated rings. The molecule has 1 unspecified atom stereocenters. The monoisotopic (exact) mass is 291 g/mol. The highest BCUT2D eigenvalue weighted by Gasteiger charge is 2.22. The Morgan fingerprint density at radius 1 is 1.14 bits per heavy atom. The second-order valence-electron chi connectivity index (χ2n) is 5.91. The number of nitrogens with one attached hydrogen (secondary N) is 1. The molecule has 0 saturated heterocycles. The summed E-state index contributed by atoms with van der Waals surface area (Å²) in [6, 6.07) is 8.71. The molecule has 1 aliphatic carbocycles. The van der Waals surface area contributed by atoms with Gasteiger partial charge in [0.15, 0.2) is 0 Å². The van der Waals surface area contributed by atoms with Gasteiger partial charge in [0.2, 0.25) is 0 Å². The van der Waals surface area contributed by atoms with Crippen LogP contribution in [0.15, 0.2) is 24.3 Å². The van der Waals surface area contributed by atoms with Crippen molar-refractivity contribution in [1.29, 1.82) is 0 Å². The fraction of sp³-hybridized carbons (Fsp3) is 0.667. The fourth-order valence-corrected chi connectivity index (χ4v) is 2.24. The lowest BCUT2D eigenvalue weighted by Crippen LogP contribution is -2.26. The molecule has 3 nitrogen and oxygen atoms in total. The van der Waals surface area contributed by atoms with Crippen molar-refractivity contribution in [3.8, 4) is 5.75 Å². The summed E-state index contributed by atoms with van der Waals surface area (Å²) >= 11 is 0. The minimum absolute atomic E-state index is 0.281. The van der Waals surface area contributed by atoms with Gasteiger partial charge >= 0.3 is 0 Å². The van der Waals surface area contributed by atoms with Gasteiger partial charge in [0.05, 0.1) is 19.3 Å². The van der Waals surface area contributed by atoms with E-state index >= 15 is 0 Å². The van der Waals surface area contributed by atoms with E-state index < -0.39 is 0 Å². The zero-order valence-electron chi connectivity index (χ0n) is 13.4. The van der Waals surface area contributed by atoms with Gasteiger partial charge in [-0.05, 0) is 55.8 Å². The fourth-order valence-electron chi connectivity index (χ4n) is 2.24. The molecule has 118 valence electrons. The van der Waals surface area contributed by atoms with Crippen LogP contribution < -0.4 is 10.1 Å². The standard InChI is InChI=1S/C18H29NO2/c1-3-11-19-18(14-20-13-15-5-6-15)16-7-9-17(10-8-16)21-12-4-2/h7-10,15,18-19H,3-6,11-14H2,1-2H3. The van der Waals surface area contributed by atoms with E-state index in [1.807, 2.05) is 0 Å². The normalized spacial score (nSPS) is 15.9. The second kappa shape index (κ2) is 9.06. The maximum atomic E-state index is 5.87.